The second kappa shape index (κ2) is 6.89. The van der Waals surface area contributed by atoms with E-state index in [0.29, 0.717) is 29.5 Å². The molecule has 0 fully saturated rings. The van der Waals surface area contributed by atoms with Crippen molar-refractivity contribution in [1.29, 1.82) is 0 Å². The highest BCUT2D eigenvalue weighted by atomic mass is 16.5. The standard InChI is InChI=1S/C14H21NO3/c1-10(2)7-8-15-14(16)12-6-5-11(17-3)9-13(12)18-4/h5-6,9-10H,7-8H2,1-4H3,(H,15,16). The third kappa shape index (κ3) is 3.95. The average molecular weight is 251 g/mol. The van der Waals surface area contributed by atoms with Gasteiger partial charge in [-0.25, -0.2) is 0 Å². The molecule has 0 aliphatic carbocycles. The molecule has 0 saturated heterocycles. The lowest BCUT2D eigenvalue weighted by molar-refractivity contribution is 0.0949. The summed E-state index contributed by atoms with van der Waals surface area (Å²) in [6, 6.07) is 5.17. The zero-order chi connectivity index (χ0) is 13.5. The fraction of sp³-hybridized carbons (Fsp3) is 0.500. The van der Waals surface area contributed by atoms with Crippen LogP contribution in [0.3, 0.4) is 0 Å². The van der Waals surface area contributed by atoms with E-state index in [9.17, 15) is 4.79 Å². The minimum Gasteiger partial charge on any atom is -0.497 e. The summed E-state index contributed by atoms with van der Waals surface area (Å²) in [5.41, 5.74) is 0.530. The summed E-state index contributed by atoms with van der Waals surface area (Å²) in [5, 5.41) is 2.88. The van der Waals surface area contributed by atoms with Gasteiger partial charge in [0.15, 0.2) is 0 Å². The van der Waals surface area contributed by atoms with E-state index < -0.39 is 0 Å². The largest absolute Gasteiger partial charge is 0.497 e. The molecule has 0 aliphatic heterocycles. The van der Waals surface area contributed by atoms with Crippen LogP contribution in [0.25, 0.3) is 0 Å². The summed E-state index contributed by atoms with van der Waals surface area (Å²) in [7, 11) is 3.12. The second-order valence-corrected chi connectivity index (χ2v) is 4.50. The predicted octanol–water partition coefficient (Wildman–Crippen LogP) is 2.48. The number of benzene rings is 1. The Bertz CT molecular complexity index is 402. The molecule has 1 aromatic rings. The highest BCUT2D eigenvalue weighted by Crippen LogP contribution is 2.24. The van der Waals surface area contributed by atoms with E-state index in [1.54, 1.807) is 32.4 Å². The summed E-state index contributed by atoms with van der Waals surface area (Å²) < 4.78 is 10.3. The van der Waals surface area contributed by atoms with Gasteiger partial charge in [-0.2, -0.15) is 0 Å². The van der Waals surface area contributed by atoms with E-state index in [2.05, 4.69) is 19.2 Å². The highest BCUT2D eigenvalue weighted by molar-refractivity contribution is 5.97. The molecule has 0 aromatic heterocycles. The maximum atomic E-state index is 12.0. The number of methoxy groups -OCH3 is 2. The zero-order valence-corrected chi connectivity index (χ0v) is 11.4. The first-order valence-electron chi connectivity index (χ1n) is 6.08. The van der Waals surface area contributed by atoms with Gasteiger partial charge in [0.2, 0.25) is 0 Å². The molecule has 1 rings (SSSR count). The van der Waals surface area contributed by atoms with Gasteiger partial charge in [0.1, 0.15) is 11.5 Å². The van der Waals surface area contributed by atoms with Crippen LogP contribution in [-0.2, 0) is 0 Å². The summed E-state index contributed by atoms with van der Waals surface area (Å²) in [5.74, 6) is 1.65. The van der Waals surface area contributed by atoms with Gasteiger partial charge in [-0.15, -0.1) is 0 Å². The van der Waals surface area contributed by atoms with Crippen LogP contribution in [0.4, 0.5) is 0 Å². The quantitative estimate of drug-likeness (QED) is 0.845. The molecule has 0 unspecified atom stereocenters. The second-order valence-electron chi connectivity index (χ2n) is 4.50. The molecule has 4 heteroatoms. The molecule has 0 bridgehead atoms. The molecule has 1 N–H and O–H groups in total. The molecule has 0 spiro atoms. The number of amides is 1. The van der Waals surface area contributed by atoms with Gasteiger partial charge in [-0.05, 0) is 24.5 Å². The smallest absolute Gasteiger partial charge is 0.255 e. The summed E-state index contributed by atoms with van der Waals surface area (Å²) >= 11 is 0. The van der Waals surface area contributed by atoms with Gasteiger partial charge in [0, 0.05) is 12.6 Å². The fourth-order valence-corrected chi connectivity index (χ4v) is 1.56. The van der Waals surface area contributed by atoms with Crippen LogP contribution in [0, 0.1) is 5.92 Å². The molecule has 0 radical (unpaired) electrons. The van der Waals surface area contributed by atoms with E-state index >= 15 is 0 Å². The SMILES string of the molecule is COc1ccc(C(=O)NCCC(C)C)c(OC)c1. The van der Waals surface area contributed by atoms with Crippen LogP contribution >= 0.6 is 0 Å². The molecule has 18 heavy (non-hydrogen) atoms. The van der Waals surface area contributed by atoms with Crippen molar-refractivity contribution in [3.8, 4) is 11.5 Å². The summed E-state index contributed by atoms with van der Waals surface area (Å²) in [6.45, 7) is 4.92. The summed E-state index contributed by atoms with van der Waals surface area (Å²) in [6.07, 6.45) is 0.963. The summed E-state index contributed by atoms with van der Waals surface area (Å²) in [4.78, 5) is 12.0. The van der Waals surface area contributed by atoms with Crippen molar-refractivity contribution >= 4 is 5.91 Å². The fourth-order valence-electron chi connectivity index (χ4n) is 1.56. The van der Waals surface area contributed by atoms with Crippen molar-refractivity contribution in [2.24, 2.45) is 5.92 Å². The van der Waals surface area contributed by atoms with Crippen LogP contribution in [0.2, 0.25) is 0 Å². The Morgan fingerprint density at radius 2 is 2.00 bits per heavy atom. The van der Waals surface area contributed by atoms with Crippen molar-refractivity contribution < 1.29 is 14.3 Å². The lowest BCUT2D eigenvalue weighted by atomic mass is 10.1. The molecular weight excluding hydrogens is 230 g/mol. The van der Waals surface area contributed by atoms with Crippen molar-refractivity contribution in [1.82, 2.24) is 5.32 Å². The first-order valence-corrected chi connectivity index (χ1v) is 6.08. The molecule has 0 saturated carbocycles. The Morgan fingerprint density at radius 1 is 1.28 bits per heavy atom. The Balaban J connectivity index is 2.72. The minimum absolute atomic E-state index is 0.116. The number of ether oxygens (including phenoxy) is 2. The topological polar surface area (TPSA) is 47.6 Å². The van der Waals surface area contributed by atoms with Crippen molar-refractivity contribution in [2.75, 3.05) is 20.8 Å². The minimum atomic E-state index is -0.116. The predicted molar refractivity (Wildman–Crippen MR) is 71.3 cm³/mol. The number of carbonyl (C=O) groups excluding carboxylic acids is 1. The molecule has 0 atom stereocenters. The van der Waals surface area contributed by atoms with Crippen LogP contribution in [0.5, 0.6) is 11.5 Å². The first-order chi connectivity index (χ1) is 8.58. The maximum Gasteiger partial charge on any atom is 0.255 e. The third-order valence-electron chi connectivity index (χ3n) is 2.66. The van der Waals surface area contributed by atoms with E-state index in [1.807, 2.05) is 0 Å². The van der Waals surface area contributed by atoms with E-state index in [0.717, 1.165) is 6.42 Å². The molecule has 0 aliphatic rings. The average Bonchev–Trinajstić information content (AvgIpc) is 2.37. The lowest BCUT2D eigenvalue weighted by Gasteiger charge is -2.11. The number of carbonyl (C=O) groups is 1. The molecule has 1 aromatic carbocycles. The molecule has 4 nitrogen and oxygen atoms in total. The Morgan fingerprint density at radius 3 is 2.56 bits per heavy atom. The van der Waals surface area contributed by atoms with Gasteiger partial charge in [-0.3, -0.25) is 4.79 Å². The number of hydrogen-bond acceptors (Lipinski definition) is 3. The van der Waals surface area contributed by atoms with Crippen LogP contribution in [0.1, 0.15) is 30.6 Å². The normalized spacial score (nSPS) is 10.3. The molecule has 0 heterocycles. The number of hydrogen-bond donors (Lipinski definition) is 1. The van der Waals surface area contributed by atoms with Crippen LogP contribution in [0.15, 0.2) is 18.2 Å². The first kappa shape index (κ1) is 14.4. The number of rotatable bonds is 6. The lowest BCUT2D eigenvalue weighted by Crippen LogP contribution is -2.25. The van der Waals surface area contributed by atoms with Crippen molar-refractivity contribution in [3.05, 3.63) is 23.8 Å². The molecule has 100 valence electrons. The van der Waals surface area contributed by atoms with E-state index in [-0.39, 0.29) is 5.91 Å². The van der Waals surface area contributed by atoms with Crippen molar-refractivity contribution in [3.63, 3.8) is 0 Å². The van der Waals surface area contributed by atoms with Gasteiger partial charge in [0.05, 0.1) is 19.8 Å². The Hall–Kier alpha value is -1.71. The highest BCUT2D eigenvalue weighted by Gasteiger charge is 2.12. The zero-order valence-electron chi connectivity index (χ0n) is 11.4. The van der Waals surface area contributed by atoms with Gasteiger partial charge < -0.3 is 14.8 Å². The Labute approximate surface area is 108 Å². The van der Waals surface area contributed by atoms with Gasteiger partial charge in [-0.1, -0.05) is 13.8 Å². The van der Waals surface area contributed by atoms with E-state index in [1.165, 1.54) is 0 Å². The Kier molecular flexibility index (Phi) is 5.49. The van der Waals surface area contributed by atoms with Crippen LogP contribution in [-0.4, -0.2) is 26.7 Å². The maximum absolute atomic E-state index is 12.0. The van der Waals surface area contributed by atoms with Crippen molar-refractivity contribution in [2.45, 2.75) is 20.3 Å². The van der Waals surface area contributed by atoms with E-state index in [4.69, 9.17) is 9.47 Å². The number of nitrogens with one attached hydrogen (secondary N) is 1. The van der Waals surface area contributed by atoms with Gasteiger partial charge in [0.25, 0.3) is 5.91 Å². The molecule has 1 amide bonds. The van der Waals surface area contributed by atoms with Gasteiger partial charge >= 0.3 is 0 Å². The van der Waals surface area contributed by atoms with Crippen LogP contribution < -0.4 is 14.8 Å². The molecular formula is C14H21NO3. The monoisotopic (exact) mass is 251 g/mol. The third-order valence-corrected chi connectivity index (χ3v) is 2.66.